The van der Waals surface area contributed by atoms with E-state index in [4.69, 9.17) is 22.5 Å². The number of aromatic nitrogens is 3. The van der Waals surface area contributed by atoms with Crippen molar-refractivity contribution in [2.45, 2.75) is 11.1 Å². The summed E-state index contributed by atoms with van der Waals surface area (Å²) < 4.78 is 63.0. The van der Waals surface area contributed by atoms with E-state index < -0.39 is 26.8 Å². The van der Waals surface area contributed by atoms with Crippen molar-refractivity contribution >= 4 is 27.4 Å². The summed E-state index contributed by atoms with van der Waals surface area (Å²) in [4.78, 5) is 3.54. The fourth-order valence-corrected chi connectivity index (χ4v) is 3.46. The van der Waals surface area contributed by atoms with Crippen molar-refractivity contribution in [2.24, 2.45) is 5.14 Å². The number of alkyl halides is 3. The van der Waals surface area contributed by atoms with Crippen LogP contribution in [0.5, 0.6) is 0 Å². The lowest BCUT2D eigenvalue weighted by atomic mass is 9.95. The second kappa shape index (κ2) is 7.55. The summed E-state index contributed by atoms with van der Waals surface area (Å²) in [6.45, 7) is 0. The predicted octanol–water partition coefficient (Wildman–Crippen LogP) is 2.58. The van der Waals surface area contributed by atoms with E-state index in [9.17, 15) is 32.1 Å². The molecular formula is C17H9ClF3N7O2S. The summed E-state index contributed by atoms with van der Waals surface area (Å²) in [6.07, 6.45) is -2.85. The van der Waals surface area contributed by atoms with E-state index in [-0.39, 0.29) is 38.8 Å². The van der Waals surface area contributed by atoms with Crippen LogP contribution in [0, 0.1) is 22.7 Å². The molecule has 0 bridgehead atoms. The van der Waals surface area contributed by atoms with Gasteiger partial charge in [-0.3, -0.25) is 0 Å². The lowest BCUT2D eigenvalue weighted by molar-refractivity contribution is -0.137. The van der Waals surface area contributed by atoms with Crippen LogP contribution in [0.25, 0.3) is 16.9 Å². The van der Waals surface area contributed by atoms with Gasteiger partial charge in [0.2, 0.25) is 10.0 Å². The molecule has 0 fully saturated rings. The van der Waals surface area contributed by atoms with Gasteiger partial charge in [-0.1, -0.05) is 17.7 Å². The van der Waals surface area contributed by atoms with E-state index in [1.807, 2.05) is 0 Å². The number of sulfonamides is 1. The molecule has 4 N–H and O–H groups in total. The van der Waals surface area contributed by atoms with Gasteiger partial charge in [0.1, 0.15) is 34.0 Å². The fraction of sp³-hybridized carbons (Fsp3) is 0.0588. The molecule has 0 aliphatic carbocycles. The molecule has 1 aromatic carbocycles. The molecule has 0 aliphatic rings. The first kappa shape index (κ1) is 22.0. The van der Waals surface area contributed by atoms with Crippen LogP contribution < -0.4 is 10.9 Å². The number of hydrogen-bond donors (Lipinski definition) is 2. The number of nitrogen functional groups attached to an aromatic ring is 1. The topological polar surface area (TPSA) is 164 Å². The maximum absolute atomic E-state index is 13.0. The van der Waals surface area contributed by atoms with E-state index in [0.29, 0.717) is 6.07 Å². The van der Waals surface area contributed by atoms with E-state index >= 15 is 0 Å². The van der Waals surface area contributed by atoms with Crippen molar-refractivity contribution in [1.29, 1.82) is 10.5 Å². The van der Waals surface area contributed by atoms with E-state index in [1.165, 1.54) is 0 Å². The van der Waals surface area contributed by atoms with Crippen molar-refractivity contribution in [2.75, 3.05) is 5.73 Å². The molecule has 0 saturated carbocycles. The molecule has 2 heterocycles. The molecule has 0 saturated heterocycles. The number of nitriles is 2. The normalized spacial score (nSPS) is 11.7. The smallest absolute Gasteiger partial charge is 0.383 e. The number of pyridine rings is 1. The Bertz CT molecular complexity index is 1400. The first-order chi connectivity index (χ1) is 14.4. The van der Waals surface area contributed by atoms with Gasteiger partial charge < -0.3 is 5.73 Å². The van der Waals surface area contributed by atoms with E-state index in [0.717, 1.165) is 29.2 Å². The average molecular weight is 468 g/mol. The Kier molecular flexibility index (Phi) is 5.37. The highest BCUT2D eigenvalue weighted by molar-refractivity contribution is 7.89. The summed E-state index contributed by atoms with van der Waals surface area (Å²) in [5, 5.41) is 27.4. The number of primary sulfonamides is 1. The Morgan fingerprint density at radius 1 is 1.16 bits per heavy atom. The van der Waals surface area contributed by atoms with Crippen LogP contribution in [0.1, 0.15) is 16.7 Å². The van der Waals surface area contributed by atoms with Gasteiger partial charge in [-0.2, -0.15) is 28.8 Å². The van der Waals surface area contributed by atoms with Crippen LogP contribution in [0.15, 0.2) is 35.5 Å². The van der Waals surface area contributed by atoms with Crippen molar-refractivity contribution in [3.8, 4) is 29.1 Å². The summed E-state index contributed by atoms with van der Waals surface area (Å²) >= 11 is 5.77. The lowest BCUT2D eigenvalue weighted by Gasteiger charge is -2.15. The van der Waals surface area contributed by atoms with Crippen LogP contribution in [-0.2, 0) is 16.2 Å². The molecule has 9 nitrogen and oxygen atoms in total. The Labute approximate surface area is 177 Å². The molecule has 31 heavy (non-hydrogen) atoms. The van der Waals surface area contributed by atoms with Crippen LogP contribution in [0.4, 0.5) is 19.0 Å². The molecule has 0 aliphatic heterocycles. The standard InChI is InChI=1S/C17H9ClF3N7O2S/c18-13-3-8(1-2-12(13)17(19,20)21)14-10(4-22)15(24)27-16(11(14)5-23)28-7-9(6-26-28)31(25,29)30/h1-3,6-7H,(H2,24,27)(H2,25,29,30). The first-order valence-electron chi connectivity index (χ1n) is 7.97. The molecule has 0 atom stereocenters. The minimum atomic E-state index is -4.71. The molecule has 0 amide bonds. The zero-order chi connectivity index (χ0) is 23.1. The van der Waals surface area contributed by atoms with Gasteiger partial charge in [-0.05, 0) is 17.7 Å². The summed E-state index contributed by atoms with van der Waals surface area (Å²) in [7, 11) is -4.12. The first-order valence-corrected chi connectivity index (χ1v) is 9.89. The molecule has 3 rings (SSSR count). The van der Waals surface area contributed by atoms with Crippen molar-refractivity contribution < 1.29 is 21.6 Å². The number of nitrogens with two attached hydrogens (primary N) is 2. The van der Waals surface area contributed by atoms with Crippen LogP contribution >= 0.6 is 11.6 Å². The van der Waals surface area contributed by atoms with E-state index in [2.05, 4.69) is 10.1 Å². The third-order valence-electron chi connectivity index (χ3n) is 4.10. The lowest BCUT2D eigenvalue weighted by Crippen LogP contribution is -2.12. The highest BCUT2D eigenvalue weighted by Crippen LogP contribution is 2.39. The van der Waals surface area contributed by atoms with Gasteiger partial charge in [0.15, 0.2) is 5.82 Å². The van der Waals surface area contributed by atoms with E-state index in [1.54, 1.807) is 12.1 Å². The maximum Gasteiger partial charge on any atom is 0.417 e. The van der Waals surface area contributed by atoms with Crippen molar-refractivity contribution in [3.63, 3.8) is 0 Å². The SMILES string of the molecule is N#Cc1c(N)nc(-n2cc(S(N)(=O)=O)cn2)c(C#N)c1-c1ccc(C(F)(F)F)c(Cl)c1. The number of anilines is 1. The third kappa shape index (κ3) is 4.02. The Morgan fingerprint density at radius 2 is 1.81 bits per heavy atom. The third-order valence-corrected chi connectivity index (χ3v) is 5.28. The minimum absolute atomic E-state index is 0.0136. The maximum atomic E-state index is 13.0. The second-order valence-corrected chi connectivity index (χ2v) is 8.00. The zero-order valence-electron chi connectivity index (χ0n) is 15.0. The van der Waals surface area contributed by atoms with Gasteiger partial charge in [0.25, 0.3) is 0 Å². The van der Waals surface area contributed by atoms with Gasteiger partial charge in [0, 0.05) is 5.56 Å². The zero-order valence-corrected chi connectivity index (χ0v) is 16.6. The summed E-state index contributed by atoms with van der Waals surface area (Å²) in [6, 6.07) is 6.21. The van der Waals surface area contributed by atoms with Gasteiger partial charge in [-0.25, -0.2) is 23.2 Å². The molecule has 158 valence electrons. The number of benzene rings is 1. The van der Waals surface area contributed by atoms with Gasteiger partial charge in [-0.15, -0.1) is 0 Å². The number of hydrogen-bond acceptors (Lipinski definition) is 7. The minimum Gasteiger partial charge on any atom is -0.383 e. The summed E-state index contributed by atoms with van der Waals surface area (Å²) in [5.41, 5.74) is 3.97. The number of halogens is 4. The highest BCUT2D eigenvalue weighted by Gasteiger charge is 2.33. The Hall–Kier alpha value is -3.65. The molecule has 2 aromatic heterocycles. The molecule has 0 radical (unpaired) electrons. The highest BCUT2D eigenvalue weighted by atomic mass is 35.5. The number of rotatable bonds is 3. The monoisotopic (exact) mass is 467 g/mol. The molecular weight excluding hydrogens is 459 g/mol. The molecule has 3 aromatic rings. The van der Waals surface area contributed by atoms with Gasteiger partial charge >= 0.3 is 6.18 Å². The Balaban J connectivity index is 2.34. The second-order valence-electron chi connectivity index (χ2n) is 6.03. The molecule has 14 heteroatoms. The average Bonchev–Trinajstić information content (AvgIpc) is 3.16. The molecule has 0 spiro atoms. The van der Waals surface area contributed by atoms with Crippen molar-refractivity contribution in [3.05, 3.63) is 52.3 Å². The largest absolute Gasteiger partial charge is 0.417 e. The van der Waals surface area contributed by atoms with Crippen LogP contribution in [0.3, 0.4) is 0 Å². The fourth-order valence-electron chi connectivity index (χ4n) is 2.73. The Morgan fingerprint density at radius 3 is 2.29 bits per heavy atom. The predicted molar refractivity (Wildman–Crippen MR) is 102 cm³/mol. The van der Waals surface area contributed by atoms with Crippen LogP contribution in [0.2, 0.25) is 5.02 Å². The van der Waals surface area contributed by atoms with Crippen LogP contribution in [-0.4, -0.2) is 23.2 Å². The van der Waals surface area contributed by atoms with Gasteiger partial charge in [0.05, 0.1) is 23.0 Å². The quantitative estimate of drug-likeness (QED) is 0.597. The molecule has 0 unspecified atom stereocenters. The number of nitrogens with zero attached hydrogens (tertiary/aromatic N) is 5. The summed E-state index contributed by atoms with van der Waals surface area (Å²) in [5.74, 6) is -0.630. The van der Waals surface area contributed by atoms with Crippen molar-refractivity contribution in [1.82, 2.24) is 14.8 Å².